The fraction of sp³-hybridized carbons (Fsp3) is 0.632. The van der Waals surface area contributed by atoms with Crippen molar-refractivity contribution in [2.75, 3.05) is 0 Å². The van der Waals surface area contributed by atoms with E-state index in [0.29, 0.717) is 29.3 Å². The summed E-state index contributed by atoms with van der Waals surface area (Å²) >= 11 is 0. The molecule has 0 spiro atoms. The first-order valence-corrected chi connectivity index (χ1v) is 9.62. The van der Waals surface area contributed by atoms with Crippen molar-refractivity contribution in [2.24, 2.45) is 7.05 Å². The summed E-state index contributed by atoms with van der Waals surface area (Å²) in [5.74, 6) is 1.02. The lowest BCUT2D eigenvalue weighted by atomic mass is 10.1. The van der Waals surface area contributed by atoms with Gasteiger partial charge in [-0.3, -0.25) is 18.3 Å². The van der Waals surface area contributed by atoms with Gasteiger partial charge in [0.05, 0.1) is 6.20 Å². The van der Waals surface area contributed by atoms with Gasteiger partial charge in [0.25, 0.3) is 5.56 Å². The Kier molecular flexibility index (Phi) is 5.64. The van der Waals surface area contributed by atoms with Crippen LogP contribution >= 0.6 is 0 Å². The maximum absolute atomic E-state index is 12.9. The number of unbranched alkanes of at least 4 members (excludes halogenated alkanes) is 7. The van der Waals surface area contributed by atoms with Crippen LogP contribution in [0.2, 0.25) is 0 Å². The van der Waals surface area contributed by atoms with Gasteiger partial charge in [0.2, 0.25) is 0 Å². The smallest absolute Gasteiger partial charge is 0.332 e. The van der Waals surface area contributed by atoms with Gasteiger partial charge in [-0.15, -0.1) is 0 Å². The van der Waals surface area contributed by atoms with Gasteiger partial charge in [-0.2, -0.15) is 4.98 Å². The maximum Gasteiger partial charge on any atom is 0.332 e. The predicted octanol–water partition coefficient (Wildman–Crippen LogP) is 3.39. The van der Waals surface area contributed by atoms with Crippen LogP contribution in [-0.4, -0.2) is 18.5 Å². The largest absolute Gasteiger partial charge is 0.428 e. The van der Waals surface area contributed by atoms with E-state index in [-0.39, 0.29) is 11.2 Å². The van der Waals surface area contributed by atoms with Crippen LogP contribution in [0.1, 0.15) is 64.1 Å². The highest BCUT2D eigenvalue weighted by Crippen LogP contribution is 2.15. The highest BCUT2D eigenvalue weighted by molar-refractivity contribution is 5.74. The maximum atomic E-state index is 12.9. The SMILES string of the molecule is CCCCCCCCCCn1c(=O)c2c(nc3oc(C)cn32)n(C)c1=O. The molecule has 3 heterocycles. The lowest BCUT2D eigenvalue weighted by Gasteiger charge is -2.08. The summed E-state index contributed by atoms with van der Waals surface area (Å²) < 4.78 is 9.88. The van der Waals surface area contributed by atoms with Crippen LogP contribution in [-0.2, 0) is 13.6 Å². The van der Waals surface area contributed by atoms with Crippen LogP contribution in [0.5, 0.6) is 0 Å². The highest BCUT2D eigenvalue weighted by Gasteiger charge is 2.18. The normalized spacial score (nSPS) is 11.8. The third-order valence-electron chi connectivity index (χ3n) is 4.94. The standard InChI is InChI=1S/C19H28N4O3/c1-4-5-6-7-8-9-10-11-12-22-17(24)15-16(21(3)19(22)25)20-18-23(15)13-14(2)26-18/h13H,4-12H2,1-3H3. The molecule has 0 aliphatic rings. The van der Waals surface area contributed by atoms with E-state index in [4.69, 9.17) is 4.42 Å². The predicted molar refractivity (Wildman–Crippen MR) is 102 cm³/mol. The molecule has 3 aromatic rings. The van der Waals surface area contributed by atoms with Crippen LogP contribution in [0.15, 0.2) is 20.2 Å². The second-order valence-corrected chi connectivity index (χ2v) is 7.05. The topological polar surface area (TPSA) is 74.4 Å². The quantitative estimate of drug-likeness (QED) is 0.548. The van der Waals surface area contributed by atoms with Crippen LogP contribution in [0.3, 0.4) is 0 Å². The number of oxazole rings is 1. The van der Waals surface area contributed by atoms with Crippen molar-refractivity contribution in [2.45, 2.75) is 71.8 Å². The van der Waals surface area contributed by atoms with Crippen LogP contribution in [0.25, 0.3) is 17.0 Å². The molecule has 0 aliphatic heterocycles. The van der Waals surface area contributed by atoms with Crippen molar-refractivity contribution in [1.29, 1.82) is 0 Å². The summed E-state index contributed by atoms with van der Waals surface area (Å²) in [4.78, 5) is 29.7. The Hall–Kier alpha value is -2.31. The first-order valence-electron chi connectivity index (χ1n) is 9.62. The van der Waals surface area contributed by atoms with Gasteiger partial charge >= 0.3 is 11.5 Å². The van der Waals surface area contributed by atoms with Crippen molar-refractivity contribution < 1.29 is 4.42 Å². The Labute approximate surface area is 152 Å². The third-order valence-corrected chi connectivity index (χ3v) is 4.94. The number of imidazole rings is 1. The van der Waals surface area contributed by atoms with E-state index in [2.05, 4.69) is 11.9 Å². The zero-order valence-electron chi connectivity index (χ0n) is 16.0. The lowest BCUT2D eigenvalue weighted by molar-refractivity contribution is 0.519. The van der Waals surface area contributed by atoms with Crippen molar-refractivity contribution in [3.8, 4) is 0 Å². The first-order chi connectivity index (χ1) is 12.5. The van der Waals surface area contributed by atoms with Crippen LogP contribution < -0.4 is 11.2 Å². The van der Waals surface area contributed by atoms with E-state index in [1.807, 2.05) is 6.92 Å². The molecule has 0 aromatic carbocycles. The average molecular weight is 360 g/mol. The van der Waals surface area contributed by atoms with Crippen molar-refractivity contribution in [3.63, 3.8) is 0 Å². The van der Waals surface area contributed by atoms with Gasteiger partial charge in [0, 0.05) is 13.6 Å². The number of hydrogen-bond acceptors (Lipinski definition) is 4. The van der Waals surface area contributed by atoms with Gasteiger partial charge in [0.15, 0.2) is 11.2 Å². The van der Waals surface area contributed by atoms with Crippen molar-refractivity contribution >= 4 is 17.0 Å². The Bertz CT molecular complexity index is 1010. The molecule has 0 saturated carbocycles. The molecule has 0 saturated heterocycles. The molecule has 7 heteroatoms. The molecule has 0 amide bonds. The fourth-order valence-electron chi connectivity index (χ4n) is 3.46. The van der Waals surface area contributed by atoms with E-state index in [1.54, 1.807) is 17.6 Å². The zero-order valence-corrected chi connectivity index (χ0v) is 16.0. The summed E-state index contributed by atoms with van der Waals surface area (Å²) in [6, 6.07) is 0. The number of aryl methyl sites for hydroxylation is 2. The summed E-state index contributed by atoms with van der Waals surface area (Å²) in [5, 5.41) is 0. The van der Waals surface area contributed by atoms with Gasteiger partial charge < -0.3 is 4.42 Å². The molecule has 3 rings (SSSR count). The lowest BCUT2D eigenvalue weighted by Crippen LogP contribution is -2.39. The summed E-state index contributed by atoms with van der Waals surface area (Å²) in [5.41, 5.74) is 0.159. The monoisotopic (exact) mass is 360 g/mol. The summed E-state index contributed by atoms with van der Waals surface area (Å²) in [6.45, 7) is 4.47. The van der Waals surface area contributed by atoms with Crippen molar-refractivity contribution in [3.05, 3.63) is 32.8 Å². The molecule has 0 bridgehead atoms. The molecule has 3 aromatic heterocycles. The Morgan fingerprint density at radius 3 is 2.38 bits per heavy atom. The molecule has 142 valence electrons. The van der Waals surface area contributed by atoms with E-state index in [1.165, 1.54) is 41.2 Å². The Balaban J connectivity index is 1.75. The van der Waals surface area contributed by atoms with Gasteiger partial charge in [0.1, 0.15) is 5.76 Å². The number of nitrogens with zero attached hydrogens (tertiary/aromatic N) is 4. The molecular weight excluding hydrogens is 332 g/mol. The molecule has 0 radical (unpaired) electrons. The molecule has 26 heavy (non-hydrogen) atoms. The molecule has 0 atom stereocenters. The van der Waals surface area contributed by atoms with Gasteiger partial charge in [-0.05, 0) is 13.3 Å². The Morgan fingerprint density at radius 1 is 1.04 bits per heavy atom. The minimum atomic E-state index is -0.317. The minimum absolute atomic E-state index is 0.292. The summed E-state index contributed by atoms with van der Waals surface area (Å²) in [7, 11) is 1.65. The molecule has 0 N–H and O–H groups in total. The molecule has 0 aliphatic carbocycles. The van der Waals surface area contributed by atoms with E-state index >= 15 is 0 Å². The number of aromatic nitrogens is 4. The van der Waals surface area contributed by atoms with E-state index < -0.39 is 0 Å². The van der Waals surface area contributed by atoms with E-state index in [9.17, 15) is 9.59 Å². The second-order valence-electron chi connectivity index (χ2n) is 7.05. The molecular formula is C19H28N4O3. The fourth-order valence-corrected chi connectivity index (χ4v) is 3.46. The molecule has 0 unspecified atom stereocenters. The molecule has 7 nitrogen and oxygen atoms in total. The number of fused-ring (bicyclic) bond motifs is 3. The number of rotatable bonds is 9. The van der Waals surface area contributed by atoms with Gasteiger partial charge in [-0.25, -0.2) is 4.79 Å². The van der Waals surface area contributed by atoms with Gasteiger partial charge in [-0.1, -0.05) is 51.9 Å². The average Bonchev–Trinajstić information content (AvgIpc) is 3.13. The Morgan fingerprint density at radius 2 is 1.69 bits per heavy atom. The second kappa shape index (κ2) is 7.93. The van der Waals surface area contributed by atoms with E-state index in [0.717, 1.165) is 19.3 Å². The first kappa shape index (κ1) is 18.5. The summed E-state index contributed by atoms with van der Waals surface area (Å²) in [6.07, 6.45) is 11.1. The van der Waals surface area contributed by atoms with Crippen LogP contribution in [0, 0.1) is 6.92 Å². The van der Waals surface area contributed by atoms with Crippen LogP contribution in [0.4, 0.5) is 0 Å². The zero-order chi connectivity index (χ0) is 18.7. The minimum Gasteiger partial charge on any atom is -0.428 e. The molecule has 0 fully saturated rings. The van der Waals surface area contributed by atoms with Crippen molar-refractivity contribution in [1.82, 2.24) is 18.5 Å². The third kappa shape index (κ3) is 3.48. The number of hydrogen-bond donors (Lipinski definition) is 0. The highest BCUT2D eigenvalue weighted by atomic mass is 16.4.